The number of nitrogens with zero attached hydrogens (tertiary/aromatic N) is 1. The van der Waals surface area contributed by atoms with Gasteiger partial charge in [-0.1, -0.05) is 18.6 Å². The number of benzene rings is 1. The Kier molecular flexibility index (Phi) is 8.14. The quantitative estimate of drug-likeness (QED) is 0.276. The van der Waals surface area contributed by atoms with Crippen molar-refractivity contribution < 1.29 is 28.6 Å². The highest BCUT2D eigenvalue weighted by Gasteiger charge is 2.43. The van der Waals surface area contributed by atoms with Crippen molar-refractivity contribution in [2.75, 3.05) is 6.54 Å². The van der Waals surface area contributed by atoms with E-state index in [2.05, 4.69) is 20.9 Å². The molecule has 10 heteroatoms. The first kappa shape index (κ1) is 26.2. The molecule has 1 aliphatic heterocycles. The molecule has 0 saturated heterocycles. The zero-order valence-electron chi connectivity index (χ0n) is 20.3. The van der Waals surface area contributed by atoms with E-state index < -0.39 is 34.7 Å². The average molecular weight is 489 g/mol. The molecule has 1 aromatic rings. The molecule has 1 heterocycles. The number of halogens is 1. The van der Waals surface area contributed by atoms with Crippen molar-refractivity contribution in [1.82, 2.24) is 16.0 Å². The number of fused-ring (bicyclic) bond motifs is 3. The van der Waals surface area contributed by atoms with Crippen LogP contribution in [0, 0.1) is 11.7 Å². The second-order valence-electron chi connectivity index (χ2n) is 10.0. The van der Waals surface area contributed by atoms with Crippen LogP contribution in [-0.2, 0) is 20.9 Å². The number of hydrogen-bond acceptors (Lipinski definition) is 7. The van der Waals surface area contributed by atoms with Gasteiger partial charge in [0.1, 0.15) is 22.8 Å². The molecule has 1 aromatic carbocycles. The number of aldehydes is 1. The topological polar surface area (TPSA) is 129 Å². The largest absolute Gasteiger partial charge is 0.503 e. The second kappa shape index (κ2) is 10.9. The molecule has 1 fully saturated rings. The fourth-order valence-electron chi connectivity index (χ4n) is 4.33. The molecule has 1 saturated carbocycles. The van der Waals surface area contributed by atoms with Gasteiger partial charge in [0.15, 0.2) is 17.7 Å². The van der Waals surface area contributed by atoms with Crippen molar-refractivity contribution in [3.63, 3.8) is 0 Å². The third-order valence-electron chi connectivity index (χ3n) is 6.10. The highest BCUT2D eigenvalue weighted by atomic mass is 19.1. The lowest BCUT2D eigenvalue weighted by Gasteiger charge is -2.36. The number of amidine groups is 1. The van der Waals surface area contributed by atoms with E-state index in [0.717, 1.165) is 19.3 Å². The lowest BCUT2D eigenvalue weighted by molar-refractivity contribution is -0.118. The minimum absolute atomic E-state index is 0.0479. The van der Waals surface area contributed by atoms with Crippen LogP contribution in [-0.4, -0.2) is 46.9 Å². The zero-order chi connectivity index (χ0) is 25.6. The highest BCUT2D eigenvalue weighted by Crippen LogP contribution is 2.35. The van der Waals surface area contributed by atoms with Crippen molar-refractivity contribution in [3.05, 3.63) is 47.1 Å². The van der Waals surface area contributed by atoms with Crippen LogP contribution in [0.3, 0.4) is 0 Å². The maximum atomic E-state index is 13.2. The molecule has 190 valence electrons. The van der Waals surface area contributed by atoms with Crippen LogP contribution in [0.4, 0.5) is 9.18 Å². The number of alkyl carbamates (subject to hydrolysis) is 1. The average Bonchev–Trinajstić information content (AvgIpc) is 3.08. The van der Waals surface area contributed by atoms with E-state index in [-0.39, 0.29) is 18.5 Å². The van der Waals surface area contributed by atoms with Crippen LogP contribution in [0.15, 0.2) is 40.7 Å². The van der Waals surface area contributed by atoms with Gasteiger partial charge in [-0.15, -0.1) is 0 Å². The van der Waals surface area contributed by atoms with Crippen molar-refractivity contribution in [3.8, 4) is 0 Å². The Morgan fingerprint density at radius 2 is 1.94 bits per heavy atom. The van der Waals surface area contributed by atoms with Gasteiger partial charge >= 0.3 is 6.09 Å². The molecule has 0 aromatic heterocycles. The molecule has 4 N–H and O–H groups in total. The van der Waals surface area contributed by atoms with Gasteiger partial charge in [-0.25, -0.2) is 9.18 Å². The fraction of sp³-hybridized carbons (Fsp3) is 0.520. The summed E-state index contributed by atoms with van der Waals surface area (Å²) >= 11 is 0. The number of carbonyl (C=O) groups is 3. The van der Waals surface area contributed by atoms with Crippen LogP contribution >= 0.6 is 0 Å². The Hall–Kier alpha value is -3.43. The molecule has 2 bridgehead atoms. The molecule has 0 spiro atoms. The number of rotatable bonds is 6. The molecular formula is C25H33FN4O5. The first-order chi connectivity index (χ1) is 16.5. The molecule has 2 unspecified atom stereocenters. The van der Waals surface area contributed by atoms with Gasteiger partial charge in [0.05, 0.1) is 0 Å². The molecule has 1 aliphatic carbocycles. The third-order valence-corrected chi connectivity index (χ3v) is 6.10. The van der Waals surface area contributed by atoms with E-state index in [1.807, 2.05) is 0 Å². The van der Waals surface area contributed by atoms with E-state index in [4.69, 9.17) is 4.74 Å². The summed E-state index contributed by atoms with van der Waals surface area (Å²) in [5, 5.41) is 18.7. The first-order valence-corrected chi connectivity index (χ1v) is 11.8. The van der Waals surface area contributed by atoms with Crippen LogP contribution in [0.25, 0.3) is 0 Å². The SMILES string of the molecule is CC(C)(C)OC(=O)NC12CCCC(CC1)CN=C2N/C(C(=O)NCc1ccc(F)cc1)=C(/O)C=O. The summed E-state index contributed by atoms with van der Waals surface area (Å²) in [5.41, 5.74) is -1.39. The molecular weight excluding hydrogens is 455 g/mol. The normalized spacial score (nSPS) is 22.6. The van der Waals surface area contributed by atoms with Crippen LogP contribution in [0.2, 0.25) is 0 Å². The number of nitrogens with one attached hydrogen (secondary N) is 3. The molecule has 2 amide bonds. The Morgan fingerprint density at radius 3 is 2.60 bits per heavy atom. The van der Waals surface area contributed by atoms with E-state index >= 15 is 0 Å². The maximum Gasteiger partial charge on any atom is 0.408 e. The number of amides is 2. The van der Waals surface area contributed by atoms with Gasteiger partial charge in [-0.3, -0.25) is 14.6 Å². The summed E-state index contributed by atoms with van der Waals surface area (Å²) in [5.74, 6) is -1.32. The number of allylic oxidation sites excluding steroid dienone is 1. The minimum Gasteiger partial charge on any atom is -0.503 e. The smallest absolute Gasteiger partial charge is 0.408 e. The highest BCUT2D eigenvalue weighted by molar-refractivity contribution is 6.05. The number of aliphatic hydroxyl groups excluding tert-OH is 1. The van der Waals surface area contributed by atoms with Gasteiger partial charge < -0.3 is 25.8 Å². The molecule has 9 nitrogen and oxygen atoms in total. The summed E-state index contributed by atoms with van der Waals surface area (Å²) in [6, 6.07) is 5.57. The number of ether oxygens (including phenoxy) is 1. The zero-order valence-corrected chi connectivity index (χ0v) is 20.3. The molecule has 2 aliphatic rings. The molecule has 3 rings (SSSR count). The molecule has 0 radical (unpaired) electrons. The molecule has 2 atom stereocenters. The van der Waals surface area contributed by atoms with Crippen molar-refractivity contribution in [2.45, 2.75) is 70.6 Å². The number of aliphatic imine (C=N–C) groups is 1. The van der Waals surface area contributed by atoms with E-state index in [0.29, 0.717) is 36.7 Å². The van der Waals surface area contributed by atoms with Crippen molar-refractivity contribution in [1.29, 1.82) is 0 Å². The number of hydrogen-bond donors (Lipinski definition) is 4. The lowest BCUT2D eigenvalue weighted by Crippen LogP contribution is -2.59. The lowest BCUT2D eigenvalue weighted by atomic mass is 9.88. The fourth-order valence-corrected chi connectivity index (χ4v) is 4.33. The van der Waals surface area contributed by atoms with Gasteiger partial charge in [0.2, 0.25) is 0 Å². The van der Waals surface area contributed by atoms with Crippen LogP contribution in [0.1, 0.15) is 58.4 Å². The van der Waals surface area contributed by atoms with Gasteiger partial charge in [-0.05, 0) is 70.1 Å². The van der Waals surface area contributed by atoms with E-state index in [1.165, 1.54) is 24.3 Å². The summed E-state index contributed by atoms with van der Waals surface area (Å²) in [7, 11) is 0. The summed E-state index contributed by atoms with van der Waals surface area (Å²) in [6.07, 6.45) is 3.29. The predicted molar refractivity (Wildman–Crippen MR) is 128 cm³/mol. The van der Waals surface area contributed by atoms with Crippen molar-refractivity contribution in [2.24, 2.45) is 10.9 Å². The van der Waals surface area contributed by atoms with E-state index in [1.54, 1.807) is 20.8 Å². The number of aliphatic hydroxyl groups is 1. The summed E-state index contributed by atoms with van der Waals surface area (Å²) in [6.45, 7) is 5.84. The van der Waals surface area contributed by atoms with Gasteiger partial charge in [0, 0.05) is 13.1 Å². The molecule has 35 heavy (non-hydrogen) atoms. The third kappa shape index (κ3) is 7.03. The Balaban J connectivity index is 1.84. The Morgan fingerprint density at radius 1 is 1.23 bits per heavy atom. The monoisotopic (exact) mass is 488 g/mol. The van der Waals surface area contributed by atoms with Crippen LogP contribution < -0.4 is 16.0 Å². The summed E-state index contributed by atoms with van der Waals surface area (Å²) in [4.78, 5) is 41.7. The van der Waals surface area contributed by atoms with Crippen molar-refractivity contribution >= 4 is 24.1 Å². The Bertz CT molecular complexity index is 1020. The Labute approximate surface area is 204 Å². The van der Waals surface area contributed by atoms with Crippen LogP contribution in [0.5, 0.6) is 0 Å². The summed E-state index contributed by atoms with van der Waals surface area (Å²) < 4.78 is 18.6. The standard InChI is InChI=1S/C25H33FN4O5/c1-24(2,3)35-23(34)30-25-11-4-5-16(10-12-25)14-28-22(25)29-20(19(32)15-31)21(33)27-13-17-6-8-18(26)9-7-17/h6-9,15-16,32H,4-5,10-14H2,1-3H3,(H,27,33)(H,28,29)(H,30,34)/b20-19+. The predicted octanol–water partition coefficient (Wildman–Crippen LogP) is 3.26. The minimum atomic E-state index is -0.945. The van der Waals surface area contributed by atoms with Gasteiger partial charge in [-0.2, -0.15) is 0 Å². The van der Waals surface area contributed by atoms with E-state index in [9.17, 15) is 23.9 Å². The first-order valence-electron chi connectivity index (χ1n) is 11.8. The number of carbonyl (C=O) groups excluding carboxylic acids is 3. The maximum absolute atomic E-state index is 13.2. The second-order valence-corrected chi connectivity index (χ2v) is 10.0. The van der Waals surface area contributed by atoms with Gasteiger partial charge in [0.25, 0.3) is 5.91 Å².